The van der Waals surface area contributed by atoms with E-state index in [2.05, 4.69) is 23.3 Å². The number of hydrogen-bond acceptors (Lipinski definition) is 4. The van der Waals surface area contributed by atoms with E-state index in [9.17, 15) is 0 Å². The van der Waals surface area contributed by atoms with E-state index in [0.717, 1.165) is 35.7 Å². The Morgan fingerprint density at radius 3 is 2.57 bits per heavy atom. The number of nitrogens with zero attached hydrogens (tertiary/aromatic N) is 2. The molecule has 0 saturated heterocycles. The van der Waals surface area contributed by atoms with Gasteiger partial charge >= 0.3 is 0 Å². The Labute approximate surface area is 125 Å². The molecule has 0 radical (unpaired) electrons. The van der Waals surface area contributed by atoms with Crippen LogP contribution in [-0.2, 0) is 7.05 Å². The molecule has 1 aromatic heterocycles. The van der Waals surface area contributed by atoms with Gasteiger partial charge in [0.25, 0.3) is 0 Å². The fourth-order valence-electron chi connectivity index (χ4n) is 2.36. The Morgan fingerprint density at radius 2 is 2.00 bits per heavy atom. The first-order valence-corrected chi connectivity index (χ1v) is 7.12. The molecule has 0 bridgehead atoms. The first-order chi connectivity index (χ1) is 10.2. The zero-order chi connectivity index (χ0) is 15.2. The number of ether oxygens (including phenoxy) is 2. The van der Waals surface area contributed by atoms with Crippen molar-refractivity contribution in [1.82, 2.24) is 14.9 Å². The molecule has 0 spiro atoms. The summed E-state index contributed by atoms with van der Waals surface area (Å²) in [6.45, 7) is 3.09. The fraction of sp³-hybridized carbons (Fsp3) is 0.438. The van der Waals surface area contributed by atoms with Gasteiger partial charge in [-0.25, -0.2) is 4.98 Å². The predicted octanol–water partition coefficient (Wildman–Crippen LogP) is 2.53. The van der Waals surface area contributed by atoms with Crippen LogP contribution >= 0.6 is 0 Å². The van der Waals surface area contributed by atoms with Gasteiger partial charge in [-0.15, -0.1) is 0 Å². The summed E-state index contributed by atoms with van der Waals surface area (Å²) in [5, 5.41) is 3.56. The largest absolute Gasteiger partial charge is 0.493 e. The maximum Gasteiger partial charge on any atom is 0.161 e. The van der Waals surface area contributed by atoms with E-state index in [-0.39, 0.29) is 6.04 Å². The lowest BCUT2D eigenvalue weighted by Gasteiger charge is -2.20. The number of methoxy groups -OCH3 is 2. The van der Waals surface area contributed by atoms with Crippen molar-refractivity contribution in [3.63, 3.8) is 0 Å². The Kier molecular flexibility index (Phi) is 5.22. The molecule has 0 aliphatic carbocycles. The van der Waals surface area contributed by atoms with E-state index in [4.69, 9.17) is 9.47 Å². The van der Waals surface area contributed by atoms with Crippen LogP contribution in [0.25, 0.3) is 0 Å². The molecule has 114 valence electrons. The van der Waals surface area contributed by atoms with Gasteiger partial charge in [0.15, 0.2) is 11.5 Å². The minimum atomic E-state index is 0.0808. The molecule has 0 amide bonds. The maximum atomic E-state index is 5.40. The average molecular weight is 289 g/mol. The number of hydrogen-bond donors (Lipinski definition) is 1. The number of benzene rings is 1. The highest BCUT2D eigenvalue weighted by molar-refractivity contribution is 5.45. The number of aromatic nitrogens is 2. The average Bonchev–Trinajstić information content (AvgIpc) is 2.93. The van der Waals surface area contributed by atoms with E-state index in [1.54, 1.807) is 14.2 Å². The summed E-state index contributed by atoms with van der Waals surface area (Å²) in [6, 6.07) is 6.09. The molecule has 0 aliphatic rings. The number of imidazole rings is 1. The van der Waals surface area contributed by atoms with Crippen LogP contribution in [0, 0.1) is 0 Å². The van der Waals surface area contributed by atoms with Gasteiger partial charge in [0.1, 0.15) is 0 Å². The molecule has 1 aromatic carbocycles. The molecule has 21 heavy (non-hydrogen) atoms. The van der Waals surface area contributed by atoms with Crippen LogP contribution in [0.2, 0.25) is 0 Å². The minimum Gasteiger partial charge on any atom is -0.493 e. The molecule has 2 rings (SSSR count). The van der Waals surface area contributed by atoms with Crippen molar-refractivity contribution in [2.45, 2.75) is 19.4 Å². The van der Waals surface area contributed by atoms with Crippen LogP contribution in [0.5, 0.6) is 11.5 Å². The standard InChI is InChI=1S/C16H23N3O2/c1-5-8-18-16(13-10-17-11-19(13)2)12-6-7-14(20-3)15(9-12)21-4/h6-7,9-11,16,18H,5,8H2,1-4H3. The van der Waals surface area contributed by atoms with E-state index in [1.165, 1.54) is 0 Å². The van der Waals surface area contributed by atoms with Crippen molar-refractivity contribution < 1.29 is 9.47 Å². The second-order valence-electron chi connectivity index (χ2n) is 4.93. The van der Waals surface area contributed by atoms with Crippen molar-refractivity contribution in [3.8, 4) is 11.5 Å². The number of nitrogens with one attached hydrogen (secondary N) is 1. The van der Waals surface area contributed by atoms with Crippen molar-refractivity contribution >= 4 is 0 Å². The topological polar surface area (TPSA) is 48.3 Å². The molecular weight excluding hydrogens is 266 g/mol. The molecular formula is C16H23N3O2. The van der Waals surface area contributed by atoms with Gasteiger partial charge in [0.2, 0.25) is 0 Å². The SMILES string of the molecule is CCCNC(c1ccc(OC)c(OC)c1)c1cncn1C. The van der Waals surface area contributed by atoms with Crippen LogP contribution in [0.4, 0.5) is 0 Å². The first kappa shape index (κ1) is 15.4. The molecule has 0 aliphatic heterocycles. The third kappa shape index (κ3) is 3.36. The van der Waals surface area contributed by atoms with Crippen molar-refractivity contribution in [3.05, 3.63) is 42.0 Å². The van der Waals surface area contributed by atoms with Crippen LogP contribution in [0.15, 0.2) is 30.7 Å². The maximum absolute atomic E-state index is 5.40. The van der Waals surface area contributed by atoms with Gasteiger partial charge < -0.3 is 19.4 Å². The van der Waals surface area contributed by atoms with Crippen molar-refractivity contribution in [2.75, 3.05) is 20.8 Å². The van der Waals surface area contributed by atoms with Gasteiger partial charge in [0, 0.05) is 7.05 Å². The van der Waals surface area contributed by atoms with E-state index >= 15 is 0 Å². The van der Waals surface area contributed by atoms with Gasteiger partial charge in [-0.2, -0.15) is 0 Å². The molecule has 1 unspecified atom stereocenters. The summed E-state index contributed by atoms with van der Waals surface area (Å²) in [7, 11) is 5.30. The predicted molar refractivity (Wildman–Crippen MR) is 82.9 cm³/mol. The normalized spacial score (nSPS) is 12.2. The van der Waals surface area contributed by atoms with E-state index in [0.29, 0.717) is 0 Å². The van der Waals surface area contributed by atoms with E-state index in [1.807, 2.05) is 36.3 Å². The van der Waals surface area contributed by atoms with Gasteiger partial charge in [0.05, 0.1) is 38.5 Å². The Bertz CT molecular complexity index is 581. The van der Waals surface area contributed by atoms with Crippen molar-refractivity contribution in [2.24, 2.45) is 7.05 Å². The second kappa shape index (κ2) is 7.13. The Hall–Kier alpha value is -2.01. The lowest BCUT2D eigenvalue weighted by molar-refractivity contribution is 0.354. The third-order valence-corrected chi connectivity index (χ3v) is 3.49. The molecule has 2 aromatic rings. The lowest BCUT2D eigenvalue weighted by Crippen LogP contribution is -2.25. The molecule has 0 fully saturated rings. The number of aryl methyl sites for hydroxylation is 1. The smallest absolute Gasteiger partial charge is 0.161 e. The molecule has 1 N–H and O–H groups in total. The fourth-order valence-corrected chi connectivity index (χ4v) is 2.36. The zero-order valence-electron chi connectivity index (χ0n) is 13.1. The van der Waals surface area contributed by atoms with Crippen LogP contribution in [0.3, 0.4) is 0 Å². The summed E-state index contributed by atoms with van der Waals surface area (Å²) in [5.41, 5.74) is 2.25. The Balaban J connectivity index is 2.39. The minimum absolute atomic E-state index is 0.0808. The van der Waals surface area contributed by atoms with Crippen LogP contribution in [0.1, 0.15) is 30.6 Å². The summed E-state index contributed by atoms with van der Waals surface area (Å²) < 4.78 is 12.7. The highest BCUT2D eigenvalue weighted by Crippen LogP contribution is 2.32. The summed E-state index contributed by atoms with van der Waals surface area (Å²) in [6.07, 6.45) is 4.78. The molecule has 0 saturated carbocycles. The highest BCUT2D eigenvalue weighted by Gasteiger charge is 2.18. The highest BCUT2D eigenvalue weighted by atomic mass is 16.5. The second-order valence-corrected chi connectivity index (χ2v) is 4.93. The van der Waals surface area contributed by atoms with Crippen LogP contribution in [-0.4, -0.2) is 30.3 Å². The molecule has 5 nitrogen and oxygen atoms in total. The van der Waals surface area contributed by atoms with Gasteiger partial charge in [-0.1, -0.05) is 13.0 Å². The molecule has 1 atom stereocenters. The Morgan fingerprint density at radius 1 is 1.24 bits per heavy atom. The summed E-state index contributed by atoms with van der Waals surface area (Å²) >= 11 is 0. The molecule has 1 heterocycles. The van der Waals surface area contributed by atoms with Crippen molar-refractivity contribution in [1.29, 1.82) is 0 Å². The lowest BCUT2D eigenvalue weighted by atomic mass is 10.0. The van der Waals surface area contributed by atoms with Gasteiger partial charge in [-0.05, 0) is 30.7 Å². The first-order valence-electron chi connectivity index (χ1n) is 7.12. The van der Waals surface area contributed by atoms with Gasteiger partial charge in [-0.3, -0.25) is 0 Å². The van der Waals surface area contributed by atoms with Crippen LogP contribution < -0.4 is 14.8 Å². The summed E-state index contributed by atoms with van der Waals surface area (Å²) in [5.74, 6) is 1.47. The molecule has 5 heteroatoms. The zero-order valence-corrected chi connectivity index (χ0v) is 13.1. The van der Waals surface area contributed by atoms with E-state index < -0.39 is 0 Å². The monoisotopic (exact) mass is 289 g/mol. The quantitative estimate of drug-likeness (QED) is 0.851. The third-order valence-electron chi connectivity index (χ3n) is 3.49. The number of rotatable bonds is 7. The summed E-state index contributed by atoms with van der Waals surface area (Å²) in [4.78, 5) is 4.22.